The van der Waals surface area contributed by atoms with Gasteiger partial charge in [-0.05, 0) is 29.7 Å². The van der Waals surface area contributed by atoms with E-state index in [4.69, 9.17) is 0 Å². The van der Waals surface area contributed by atoms with Crippen LogP contribution in [0.1, 0.15) is 35.9 Å². The Morgan fingerprint density at radius 1 is 0.769 bits per heavy atom. The lowest BCUT2D eigenvalue weighted by Crippen LogP contribution is -2.42. The SMILES string of the molecule is CCCS(=O)(=O)N1CC(=Cc2cn(Cc3ccccc3)nn2)C(=O)C(=Cc2cn(Cc3ccccc3)nn2)C1. The van der Waals surface area contributed by atoms with Crippen molar-refractivity contribution in [2.45, 2.75) is 26.4 Å². The second-order valence-electron chi connectivity index (χ2n) is 9.41. The zero-order valence-electron chi connectivity index (χ0n) is 21.6. The molecule has 39 heavy (non-hydrogen) atoms. The number of sulfonamides is 1. The Kier molecular flexibility index (Phi) is 7.89. The van der Waals surface area contributed by atoms with Gasteiger partial charge in [-0.25, -0.2) is 17.8 Å². The molecule has 0 atom stereocenters. The Morgan fingerprint density at radius 3 is 1.67 bits per heavy atom. The third-order valence-corrected chi connectivity index (χ3v) is 8.23. The number of ketones is 1. The van der Waals surface area contributed by atoms with Gasteiger partial charge in [0.15, 0.2) is 5.78 Å². The van der Waals surface area contributed by atoms with E-state index < -0.39 is 10.0 Å². The first-order chi connectivity index (χ1) is 18.9. The number of Topliss-reactive ketones (excluding diaryl/α,β-unsaturated/α-hetero) is 1. The average molecular weight is 544 g/mol. The Labute approximate surface area is 227 Å². The molecular formula is C28H29N7O3S. The summed E-state index contributed by atoms with van der Waals surface area (Å²) in [5.74, 6) is -0.240. The number of aromatic nitrogens is 6. The third-order valence-electron chi connectivity index (χ3n) is 6.26. The minimum Gasteiger partial charge on any atom is -0.289 e. The number of rotatable bonds is 9. The van der Waals surface area contributed by atoms with Crippen molar-refractivity contribution >= 4 is 28.0 Å². The van der Waals surface area contributed by atoms with Gasteiger partial charge in [-0.3, -0.25) is 4.79 Å². The van der Waals surface area contributed by atoms with E-state index in [0.717, 1.165) is 11.1 Å². The molecule has 0 aliphatic carbocycles. The molecule has 5 rings (SSSR count). The minimum atomic E-state index is -3.56. The van der Waals surface area contributed by atoms with E-state index in [1.54, 1.807) is 33.9 Å². The molecule has 200 valence electrons. The van der Waals surface area contributed by atoms with Crippen LogP contribution in [0.2, 0.25) is 0 Å². The van der Waals surface area contributed by atoms with Gasteiger partial charge in [-0.1, -0.05) is 78.0 Å². The fourth-order valence-corrected chi connectivity index (χ4v) is 5.85. The van der Waals surface area contributed by atoms with Gasteiger partial charge in [0, 0.05) is 24.2 Å². The van der Waals surface area contributed by atoms with E-state index in [1.807, 2.05) is 67.6 Å². The van der Waals surface area contributed by atoms with E-state index in [0.29, 0.717) is 42.0 Å². The van der Waals surface area contributed by atoms with Gasteiger partial charge in [0.25, 0.3) is 0 Å². The predicted molar refractivity (Wildman–Crippen MR) is 148 cm³/mol. The summed E-state index contributed by atoms with van der Waals surface area (Å²) in [5, 5.41) is 16.7. The van der Waals surface area contributed by atoms with E-state index >= 15 is 0 Å². The van der Waals surface area contributed by atoms with Gasteiger partial charge in [-0.2, -0.15) is 4.31 Å². The zero-order chi connectivity index (χ0) is 27.2. The van der Waals surface area contributed by atoms with E-state index in [-0.39, 0.29) is 24.6 Å². The van der Waals surface area contributed by atoms with E-state index in [1.165, 1.54) is 4.31 Å². The third kappa shape index (κ3) is 6.62. The van der Waals surface area contributed by atoms with Crippen LogP contribution in [0.5, 0.6) is 0 Å². The lowest BCUT2D eigenvalue weighted by atomic mass is 9.97. The molecule has 4 aromatic rings. The summed E-state index contributed by atoms with van der Waals surface area (Å²) in [4.78, 5) is 13.5. The van der Waals surface area contributed by atoms with Gasteiger partial charge in [0.05, 0.1) is 31.2 Å². The summed E-state index contributed by atoms with van der Waals surface area (Å²) in [5.41, 5.74) is 3.76. The van der Waals surface area contributed by atoms with Gasteiger partial charge < -0.3 is 0 Å². The molecule has 0 N–H and O–H groups in total. The minimum absolute atomic E-state index is 0.00225. The smallest absolute Gasteiger partial charge is 0.214 e. The highest BCUT2D eigenvalue weighted by atomic mass is 32.2. The van der Waals surface area contributed by atoms with Crippen molar-refractivity contribution in [3.05, 3.63) is 107 Å². The number of carbonyl (C=O) groups is 1. The largest absolute Gasteiger partial charge is 0.289 e. The number of piperidine rings is 1. The molecule has 11 heteroatoms. The molecule has 0 saturated carbocycles. The molecular weight excluding hydrogens is 514 g/mol. The molecule has 0 unspecified atom stereocenters. The zero-order valence-corrected chi connectivity index (χ0v) is 22.4. The van der Waals surface area contributed by atoms with E-state index in [2.05, 4.69) is 20.6 Å². The fourth-order valence-electron chi connectivity index (χ4n) is 4.40. The van der Waals surface area contributed by atoms with Crippen molar-refractivity contribution in [1.29, 1.82) is 0 Å². The van der Waals surface area contributed by atoms with Crippen molar-refractivity contribution in [3.63, 3.8) is 0 Å². The van der Waals surface area contributed by atoms with Crippen LogP contribution in [-0.2, 0) is 27.9 Å². The first kappa shape index (κ1) is 26.4. The highest BCUT2D eigenvalue weighted by molar-refractivity contribution is 7.89. The van der Waals surface area contributed by atoms with Crippen molar-refractivity contribution in [2.75, 3.05) is 18.8 Å². The normalized spacial score (nSPS) is 16.8. The Hall–Kier alpha value is -4.22. The summed E-state index contributed by atoms with van der Waals surface area (Å²) in [6.45, 7) is 2.84. The first-order valence-corrected chi connectivity index (χ1v) is 14.3. The summed E-state index contributed by atoms with van der Waals surface area (Å²) in [7, 11) is -3.56. The summed E-state index contributed by atoms with van der Waals surface area (Å²) in [6.07, 6.45) is 7.19. The van der Waals surface area contributed by atoms with Crippen molar-refractivity contribution in [1.82, 2.24) is 34.3 Å². The monoisotopic (exact) mass is 543 g/mol. The fraction of sp³-hybridized carbons (Fsp3) is 0.250. The van der Waals surface area contributed by atoms with Crippen LogP contribution in [-0.4, -0.2) is 67.3 Å². The van der Waals surface area contributed by atoms with Crippen LogP contribution in [0.25, 0.3) is 12.2 Å². The van der Waals surface area contributed by atoms with Gasteiger partial charge in [0.1, 0.15) is 11.4 Å². The molecule has 2 aromatic carbocycles. The molecule has 1 aliphatic rings. The van der Waals surface area contributed by atoms with E-state index in [9.17, 15) is 13.2 Å². The van der Waals surface area contributed by atoms with Crippen molar-refractivity contribution in [2.24, 2.45) is 0 Å². The number of hydrogen-bond donors (Lipinski definition) is 0. The van der Waals surface area contributed by atoms with Crippen LogP contribution in [0.15, 0.2) is 84.2 Å². The molecule has 1 aliphatic heterocycles. The maximum absolute atomic E-state index is 13.5. The molecule has 0 amide bonds. The summed E-state index contributed by atoms with van der Waals surface area (Å²) < 4.78 is 30.7. The Morgan fingerprint density at radius 2 is 1.23 bits per heavy atom. The summed E-state index contributed by atoms with van der Waals surface area (Å²) >= 11 is 0. The lowest BCUT2D eigenvalue weighted by Gasteiger charge is -2.28. The quantitative estimate of drug-likeness (QED) is 0.298. The topological polar surface area (TPSA) is 116 Å². The second-order valence-corrected chi connectivity index (χ2v) is 11.5. The number of hydrogen-bond acceptors (Lipinski definition) is 7. The van der Waals surface area contributed by atoms with Crippen LogP contribution in [0.4, 0.5) is 0 Å². The molecule has 1 saturated heterocycles. The molecule has 0 radical (unpaired) electrons. The van der Waals surface area contributed by atoms with Gasteiger partial charge in [-0.15, -0.1) is 10.2 Å². The van der Waals surface area contributed by atoms with Gasteiger partial charge in [0.2, 0.25) is 10.0 Å². The molecule has 10 nitrogen and oxygen atoms in total. The lowest BCUT2D eigenvalue weighted by molar-refractivity contribution is -0.113. The molecule has 0 spiro atoms. The molecule has 0 bridgehead atoms. The Bertz CT molecular complexity index is 1510. The molecule has 1 fully saturated rings. The van der Waals surface area contributed by atoms with Crippen molar-refractivity contribution in [3.8, 4) is 0 Å². The highest BCUT2D eigenvalue weighted by Crippen LogP contribution is 2.24. The maximum atomic E-state index is 13.5. The van der Waals surface area contributed by atoms with Crippen LogP contribution >= 0.6 is 0 Å². The number of nitrogens with zero attached hydrogens (tertiary/aromatic N) is 7. The molecule has 2 aromatic heterocycles. The molecule has 3 heterocycles. The highest BCUT2D eigenvalue weighted by Gasteiger charge is 2.33. The average Bonchev–Trinajstić information content (AvgIpc) is 3.56. The predicted octanol–water partition coefficient (Wildman–Crippen LogP) is 3.06. The Balaban J connectivity index is 1.41. The standard InChI is InChI=1S/C28H29N7O3S/c1-2-13-39(37,38)35-18-24(14-26-20-33(31-29-26)16-22-9-5-3-6-10-22)28(36)25(19-35)15-27-21-34(32-30-27)17-23-11-7-4-8-12-23/h3-12,14-15,20-21H,2,13,16-19H2,1H3. The van der Waals surface area contributed by atoms with Crippen LogP contribution in [0, 0.1) is 0 Å². The van der Waals surface area contributed by atoms with Crippen LogP contribution < -0.4 is 0 Å². The number of carbonyl (C=O) groups excluding carboxylic acids is 1. The number of benzene rings is 2. The van der Waals surface area contributed by atoms with Crippen molar-refractivity contribution < 1.29 is 13.2 Å². The summed E-state index contributed by atoms with van der Waals surface area (Å²) in [6, 6.07) is 19.7. The second kappa shape index (κ2) is 11.7. The van der Waals surface area contributed by atoms with Crippen LogP contribution in [0.3, 0.4) is 0 Å². The first-order valence-electron chi connectivity index (χ1n) is 12.7. The maximum Gasteiger partial charge on any atom is 0.214 e. The van der Waals surface area contributed by atoms with Gasteiger partial charge >= 0.3 is 0 Å².